The van der Waals surface area contributed by atoms with Gasteiger partial charge in [-0.25, -0.2) is 0 Å². The van der Waals surface area contributed by atoms with Crippen LogP contribution in [-0.2, 0) is 16.1 Å². The van der Waals surface area contributed by atoms with Gasteiger partial charge in [0.25, 0.3) is 0 Å². The summed E-state index contributed by atoms with van der Waals surface area (Å²) in [7, 11) is 1.94. The molecule has 1 aromatic rings. The third kappa shape index (κ3) is 6.36. The highest BCUT2D eigenvalue weighted by atomic mass is 16.6. The molecule has 4 heteroatoms. The van der Waals surface area contributed by atoms with Gasteiger partial charge in [0.2, 0.25) is 0 Å². The lowest BCUT2D eigenvalue weighted by molar-refractivity contribution is -0.156. The number of esters is 1. The first-order valence-corrected chi connectivity index (χ1v) is 6.49. The molecule has 0 saturated heterocycles. The van der Waals surface area contributed by atoms with Crippen LogP contribution >= 0.6 is 0 Å². The summed E-state index contributed by atoms with van der Waals surface area (Å²) in [6.07, 6.45) is 0. The number of likely N-dealkylation sites (N-methyl/N-ethyl adjacent to an activating group) is 1. The quantitative estimate of drug-likeness (QED) is 0.824. The van der Waals surface area contributed by atoms with Crippen LogP contribution in [0.5, 0.6) is 0 Å². The van der Waals surface area contributed by atoms with Crippen LogP contribution in [0.1, 0.15) is 26.3 Å². The number of benzene rings is 1. The summed E-state index contributed by atoms with van der Waals surface area (Å²) in [5, 5.41) is 0. The van der Waals surface area contributed by atoms with E-state index >= 15 is 0 Å². The smallest absolute Gasteiger partial charge is 0.324 e. The summed E-state index contributed by atoms with van der Waals surface area (Å²) in [6.45, 7) is 6.75. The normalized spacial score (nSPS) is 13.4. The van der Waals surface area contributed by atoms with Crippen LogP contribution in [0.4, 0.5) is 0 Å². The van der Waals surface area contributed by atoms with Gasteiger partial charge >= 0.3 is 5.97 Å². The number of hydrogen-bond acceptors (Lipinski definition) is 4. The van der Waals surface area contributed by atoms with Crippen LogP contribution in [0.25, 0.3) is 0 Å². The number of carbonyl (C=O) groups is 1. The van der Waals surface area contributed by atoms with E-state index in [0.29, 0.717) is 6.54 Å². The summed E-state index contributed by atoms with van der Waals surface area (Å²) >= 11 is 0. The fourth-order valence-electron chi connectivity index (χ4n) is 1.75. The van der Waals surface area contributed by atoms with Gasteiger partial charge in [-0.1, -0.05) is 30.3 Å². The Morgan fingerprint density at radius 1 is 1.32 bits per heavy atom. The number of carbonyl (C=O) groups excluding carboxylic acids is 1. The monoisotopic (exact) mass is 264 g/mol. The van der Waals surface area contributed by atoms with E-state index in [9.17, 15) is 4.79 Å². The summed E-state index contributed by atoms with van der Waals surface area (Å²) in [5.74, 6) is -0.354. The minimum atomic E-state index is -0.618. The molecule has 0 spiro atoms. The summed E-state index contributed by atoms with van der Waals surface area (Å²) < 4.78 is 5.26. The van der Waals surface area contributed by atoms with Gasteiger partial charge in [-0.2, -0.15) is 0 Å². The molecule has 0 aliphatic carbocycles. The lowest BCUT2D eigenvalue weighted by atomic mass is 10.2. The first kappa shape index (κ1) is 15.7. The minimum Gasteiger partial charge on any atom is -0.459 e. The summed E-state index contributed by atoms with van der Waals surface area (Å²) in [6, 6.07) is 9.46. The lowest BCUT2D eigenvalue weighted by Gasteiger charge is -2.25. The first-order chi connectivity index (χ1) is 8.78. The second-order valence-corrected chi connectivity index (χ2v) is 5.82. The molecule has 0 heterocycles. The Morgan fingerprint density at radius 3 is 2.42 bits per heavy atom. The van der Waals surface area contributed by atoms with Crippen LogP contribution in [0.15, 0.2) is 30.3 Å². The molecular formula is C15H24N2O2. The molecule has 1 atom stereocenters. The maximum atomic E-state index is 11.8. The zero-order valence-electron chi connectivity index (χ0n) is 12.2. The second-order valence-electron chi connectivity index (χ2n) is 5.82. The van der Waals surface area contributed by atoms with Gasteiger partial charge in [0, 0.05) is 13.1 Å². The molecule has 0 bridgehead atoms. The van der Waals surface area contributed by atoms with Crippen molar-refractivity contribution in [1.29, 1.82) is 0 Å². The molecule has 4 nitrogen and oxygen atoms in total. The van der Waals surface area contributed by atoms with Gasteiger partial charge in [-0.05, 0) is 33.4 Å². The maximum absolute atomic E-state index is 11.8. The van der Waals surface area contributed by atoms with E-state index in [-0.39, 0.29) is 5.97 Å². The van der Waals surface area contributed by atoms with Crippen molar-refractivity contribution in [3.05, 3.63) is 35.9 Å². The SMILES string of the molecule is CN(Cc1ccccc1)CC(N)C(=O)OC(C)(C)C. The van der Waals surface area contributed by atoms with Crippen molar-refractivity contribution in [2.24, 2.45) is 5.73 Å². The fraction of sp³-hybridized carbons (Fsp3) is 0.533. The van der Waals surface area contributed by atoms with E-state index in [1.807, 2.05) is 50.9 Å². The topological polar surface area (TPSA) is 55.6 Å². The number of hydrogen-bond donors (Lipinski definition) is 1. The maximum Gasteiger partial charge on any atom is 0.324 e. The molecule has 1 unspecified atom stereocenters. The first-order valence-electron chi connectivity index (χ1n) is 6.49. The Balaban J connectivity index is 2.44. The lowest BCUT2D eigenvalue weighted by Crippen LogP contribution is -2.44. The highest BCUT2D eigenvalue weighted by Crippen LogP contribution is 2.09. The van der Waals surface area contributed by atoms with Crippen LogP contribution in [0.3, 0.4) is 0 Å². The Bertz CT molecular complexity index is 398. The van der Waals surface area contributed by atoms with Crippen molar-refractivity contribution in [2.75, 3.05) is 13.6 Å². The highest BCUT2D eigenvalue weighted by Gasteiger charge is 2.23. The molecule has 0 saturated carbocycles. The Morgan fingerprint density at radius 2 is 1.89 bits per heavy atom. The molecule has 2 N–H and O–H groups in total. The third-order valence-corrected chi connectivity index (χ3v) is 2.51. The van der Waals surface area contributed by atoms with E-state index in [0.717, 1.165) is 6.54 Å². The molecular weight excluding hydrogens is 240 g/mol. The molecule has 0 aromatic heterocycles. The molecule has 0 fully saturated rings. The van der Waals surface area contributed by atoms with Gasteiger partial charge in [-0.15, -0.1) is 0 Å². The predicted molar refractivity (Wildman–Crippen MR) is 76.6 cm³/mol. The second kappa shape index (κ2) is 6.68. The zero-order valence-corrected chi connectivity index (χ0v) is 12.2. The van der Waals surface area contributed by atoms with Crippen molar-refractivity contribution in [3.63, 3.8) is 0 Å². The van der Waals surface area contributed by atoms with E-state index in [1.165, 1.54) is 5.56 Å². The predicted octanol–water partition coefficient (Wildman–Crippen LogP) is 1.79. The average Bonchev–Trinajstić information content (AvgIpc) is 2.27. The van der Waals surface area contributed by atoms with Gasteiger partial charge in [0.05, 0.1) is 0 Å². The molecule has 1 aromatic carbocycles. The summed E-state index contributed by atoms with van der Waals surface area (Å²) in [4.78, 5) is 13.8. The molecule has 106 valence electrons. The van der Waals surface area contributed by atoms with E-state index < -0.39 is 11.6 Å². The third-order valence-electron chi connectivity index (χ3n) is 2.51. The molecule has 0 aliphatic rings. The van der Waals surface area contributed by atoms with Crippen LogP contribution in [-0.4, -0.2) is 36.1 Å². The van der Waals surface area contributed by atoms with E-state index in [2.05, 4.69) is 12.1 Å². The zero-order chi connectivity index (χ0) is 14.5. The largest absolute Gasteiger partial charge is 0.459 e. The van der Waals surface area contributed by atoms with Crippen LogP contribution in [0.2, 0.25) is 0 Å². The van der Waals surface area contributed by atoms with Gasteiger partial charge in [0.15, 0.2) is 0 Å². The van der Waals surface area contributed by atoms with Gasteiger partial charge in [-0.3, -0.25) is 9.69 Å². The molecule has 0 amide bonds. The molecule has 0 aliphatic heterocycles. The van der Waals surface area contributed by atoms with Crippen molar-refractivity contribution in [2.45, 2.75) is 39.0 Å². The minimum absolute atomic E-state index is 0.354. The van der Waals surface area contributed by atoms with Crippen molar-refractivity contribution in [3.8, 4) is 0 Å². The van der Waals surface area contributed by atoms with E-state index in [4.69, 9.17) is 10.5 Å². The number of nitrogens with zero attached hydrogens (tertiary/aromatic N) is 1. The van der Waals surface area contributed by atoms with Crippen molar-refractivity contribution < 1.29 is 9.53 Å². The Hall–Kier alpha value is -1.39. The Kier molecular flexibility index (Phi) is 5.51. The summed E-state index contributed by atoms with van der Waals surface area (Å²) in [5.41, 5.74) is 6.57. The van der Waals surface area contributed by atoms with Crippen LogP contribution < -0.4 is 5.73 Å². The van der Waals surface area contributed by atoms with E-state index in [1.54, 1.807) is 0 Å². The molecule has 0 radical (unpaired) electrons. The number of rotatable bonds is 5. The van der Waals surface area contributed by atoms with Gasteiger partial charge < -0.3 is 10.5 Å². The number of ether oxygens (including phenoxy) is 1. The fourth-order valence-corrected chi connectivity index (χ4v) is 1.75. The standard InChI is InChI=1S/C15H24N2O2/c1-15(2,3)19-14(18)13(16)11-17(4)10-12-8-6-5-7-9-12/h5-9,13H,10-11,16H2,1-4H3. The van der Waals surface area contributed by atoms with Crippen molar-refractivity contribution in [1.82, 2.24) is 4.90 Å². The number of nitrogens with two attached hydrogens (primary N) is 1. The average molecular weight is 264 g/mol. The van der Waals surface area contributed by atoms with Crippen molar-refractivity contribution >= 4 is 5.97 Å². The highest BCUT2D eigenvalue weighted by molar-refractivity contribution is 5.76. The Labute approximate surface area is 115 Å². The van der Waals surface area contributed by atoms with Crippen LogP contribution in [0, 0.1) is 0 Å². The molecule has 19 heavy (non-hydrogen) atoms. The molecule has 1 rings (SSSR count). The van der Waals surface area contributed by atoms with Gasteiger partial charge in [0.1, 0.15) is 11.6 Å².